The first-order valence-electron chi connectivity index (χ1n) is 5.65. The second-order valence-electron chi connectivity index (χ2n) is 4.23. The van der Waals surface area contributed by atoms with Crippen molar-refractivity contribution in [3.05, 3.63) is 0 Å². The SMILES string of the molecule is CNCC1CCCN(C(=O)C(C)SC)C1. The number of carbonyl (C=O) groups excluding carboxylic acids is 1. The number of nitrogens with one attached hydrogen (secondary N) is 1. The highest BCUT2D eigenvalue weighted by atomic mass is 32.2. The van der Waals surface area contributed by atoms with E-state index in [-0.39, 0.29) is 5.25 Å². The van der Waals surface area contributed by atoms with Crippen LogP contribution in [0.2, 0.25) is 0 Å². The summed E-state index contributed by atoms with van der Waals surface area (Å²) in [7, 11) is 1.98. The molecule has 1 amide bonds. The van der Waals surface area contributed by atoms with Gasteiger partial charge in [-0.25, -0.2) is 0 Å². The molecule has 1 fully saturated rings. The van der Waals surface area contributed by atoms with Crippen LogP contribution in [0.15, 0.2) is 0 Å². The van der Waals surface area contributed by atoms with Crippen LogP contribution in [0.1, 0.15) is 19.8 Å². The Kier molecular flexibility index (Phi) is 5.47. The van der Waals surface area contributed by atoms with E-state index in [4.69, 9.17) is 0 Å². The van der Waals surface area contributed by atoms with E-state index >= 15 is 0 Å². The lowest BCUT2D eigenvalue weighted by atomic mass is 9.98. The molecule has 3 nitrogen and oxygen atoms in total. The second-order valence-corrected chi connectivity index (χ2v) is 5.41. The Morgan fingerprint density at radius 3 is 3.00 bits per heavy atom. The molecule has 0 aromatic heterocycles. The Hall–Kier alpha value is -0.220. The first kappa shape index (κ1) is 12.8. The van der Waals surface area contributed by atoms with Gasteiger partial charge in [-0.2, -0.15) is 11.8 Å². The first-order valence-corrected chi connectivity index (χ1v) is 6.94. The zero-order valence-corrected chi connectivity index (χ0v) is 10.8. The molecule has 1 N–H and O–H groups in total. The molecular weight excluding hydrogens is 208 g/mol. The van der Waals surface area contributed by atoms with Crippen LogP contribution >= 0.6 is 11.8 Å². The van der Waals surface area contributed by atoms with Gasteiger partial charge in [-0.15, -0.1) is 0 Å². The molecule has 0 bridgehead atoms. The molecule has 2 atom stereocenters. The van der Waals surface area contributed by atoms with E-state index in [1.165, 1.54) is 6.42 Å². The number of thioether (sulfide) groups is 1. The van der Waals surface area contributed by atoms with E-state index in [1.54, 1.807) is 11.8 Å². The lowest BCUT2D eigenvalue weighted by Gasteiger charge is -2.34. The monoisotopic (exact) mass is 230 g/mol. The summed E-state index contributed by atoms with van der Waals surface area (Å²) in [6.07, 6.45) is 4.40. The van der Waals surface area contributed by atoms with Crippen molar-refractivity contribution in [2.24, 2.45) is 5.92 Å². The highest BCUT2D eigenvalue weighted by Crippen LogP contribution is 2.18. The third-order valence-corrected chi connectivity index (χ3v) is 3.93. The van der Waals surface area contributed by atoms with E-state index in [0.717, 1.165) is 26.1 Å². The highest BCUT2D eigenvalue weighted by molar-refractivity contribution is 7.99. The summed E-state index contributed by atoms with van der Waals surface area (Å²) >= 11 is 1.63. The number of rotatable bonds is 4. The number of hydrogen-bond acceptors (Lipinski definition) is 3. The molecule has 1 aliphatic heterocycles. The fourth-order valence-electron chi connectivity index (χ4n) is 2.08. The van der Waals surface area contributed by atoms with Gasteiger partial charge >= 0.3 is 0 Å². The lowest BCUT2D eigenvalue weighted by Crippen LogP contribution is -2.45. The van der Waals surface area contributed by atoms with Crippen LogP contribution in [0.25, 0.3) is 0 Å². The molecule has 88 valence electrons. The summed E-state index contributed by atoms with van der Waals surface area (Å²) in [6.45, 7) is 4.90. The van der Waals surface area contributed by atoms with Crippen LogP contribution in [0, 0.1) is 5.92 Å². The van der Waals surface area contributed by atoms with Crippen molar-refractivity contribution in [3.63, 3.8) is 0 Å². The van der Waals surface area contributed by atoms with Gasteiger partial charge in [0.1, 0.15) is 0 Å². The molecule has 0 aromatic carbocycles. The zero-order valence-electron chi connectivity index (χ0n) is 9.95. The van der Waals surface area contributed by atoms with Gasteiger partial charge in [0.05, 0.1) is 5.25 Å². The van der Waals surface area contributed by atoms with Crippen molar-refractivity contribution in [1.82, 2.24) is 10.2 Å². The second kappa shape index (κ2) is 6.38. The van der Waals surface area contributed by atoms with Crippen molar-refractivity contribution in [3.8, 4) is 0 Å². The highest BCUT2D eigenvalue weighted by Gasteiger charge is 2.25. The van der Waals surface area contributed by atoms with Crippen LogP contribution in [0.3, 0.4) is 0 Å². The largest absolute Gasteiger partial charge is 0.341 e. The summed E-state index contributed by atoms with van der Waals surface area (Å²) in [6, 6.07) is 0. The molecule has 2 unspecified atom stereocenters. The van der Waals surface area contributed by atoms with Crippen LogP contribution in [-0.4, -0.2) is 49.0 Å². The molecule has 0 radical (unpaired) electrons. The fraction of sp³-hybridized carbons (Fsp3) is 0.909. The number of amides is 1. The predicted molar refractivity (Wildman–Crippen MR) is 66.2 cm³/mol. The number of piperidine rings is 1. The number of carbonyl (C=O) groups is 1. The summed E-state index contributed by atoms with van der Waals surface area (Å²) in [4.78, 5) is 14.0. The van der Waals surface area contributed by atoms with Crippen molar-refractivity contribution in [1.29, 1.82) is 0 Å². The van der Waals surface area contributed by atoms with Crippen molar-refractivity contribution in [2.75, 3.05) is 32.9 Å². The Balaban J connectivity index is 2.44. The Bertz CT molecular complexity index is 209. The standard InChI is InChI=1S/C11H22N2OS/c1-9(15-3)11(14)13-6-4-5-10(8-13)7-12-2/h9-10,12H,4-8H2,1-3H3. The normalized spacial score (nSPS) is 23.9. The minimum atomic E-state index is 0.110. The maximum Gasteiger partial charge on any atom is 0.235 e. The van der Waals surface area contributed by atoms with Crippen LogP contribution in [0.5, 0.6) is 0 Å². The van der Waals surface area contributed by atoms with Gasteiger partial charge in [0, 0.05) is 13.1 Å². The van der Waals surface area contributed by atoms with E-state index in [2.05, 4.69) is 5.32 Å². The molecule has 15 heavy (non-hydrogen) atoms. The third-order valence-electron chi connectivity index (χ3n) is 3.02. The quantitative estimate of drug-likeness (QED) is 0.787. The average molecular weight is 230 g/mol. The molecule has 1 heterocycles. The van der Waals surface area contributed by atoms with Gasteiger partial charge in [-0.1, -0.05) is 0 Å². The van der Waals surface area contributed by atoms with Gasteiger partial charge < -0.3 is 10.2 Å². The molecule has 4 heteroatoms. The maximum atomic E-state index is 12.0. The summed E-state index contributed by atoms with van der Waals surface area (Å²) in [5.74, 6) is 0.949. The van der Waals surface area contributed by atoms with Gasteiger partial charge in [-0.05, 0) is 45.5 Å². The summed E-state index contributed by atoms with van der Waals surface area (Å²) in [5.41, 5.74) is 0. The lowest BCUT2D eigenvalue weighted by molar-refractivity contribution is -0.132. The Labute approximate surface area is 97.0 Å². The van der Waals surface area contributed by atoms with Gasteiger partial charge in [0.2, 0.25) is 5.91 Å². The number of likely N-dealkylation sites (tertiary alicyclic amines) is 1. The number of nitrogens with zero attached hydrogens (tertiary/aromatic N) is 1. The van der Waals surface area contributed by atoms with Crippen LogP contribution in [-0.2, 0) is 4.79 Å². The van der Waals surface area contributed by atoms with E-state index in [1.807, 2.05) is 25.1 Å². The van der Waals surface area contributed by atoms with E-state index in [0.29, 0.717) is 11.8 Å². The average Bonchev–Trinajstić information content (AvgIpc) is 2.28. The van der Waals surface area contributed by atoms with Crippen LogP contribution < -0.4 is 5.32 Å². The summed E-state index contributed by atoms with van der Waals surface area (Å²) < 4.78 is 0. The Morgan fingerprint density at radius 2 is 2.40 bits per heavy atom. The Morgan fingerprint density at radius 1 is 1.67 bits per heavy atom. The maximum absolute atomic E-state index is 12.0. The molecule has 1 rings (SSSR count). The van der Waals surface area contributed by atoms with E-state index < -0.39 is 0 Å². The third kappa shape index (κ3) is 3.68. The molecule has 0 aliphatic carbocycles. The molecule has 1 aliphatic rings. The fourth-order valence-corrected chi connectivity index (χ4v) is 2.43. The molecule has 0 spiro atoms. The zero-order chi connectivity index (χ0) is 11.3. The molecular formula is C11H22N2OS. The van der Waals surface area contributed by atoms with E-state index in [9.17, 15) is 4.79 Å². The minimum absolute atomic E-state index is 0.110. The van der Waals surface area contributed by atoms with Gasteiger partial charge in [0.25, 0.3) is 0 Å². The van der Waals surface area contributed by atoms with Crippen molar-refractivity contribution < 1.29 is 4.79 Å². The molecule has 0 aromatic rings. The predicted octanol–water partition coefficient (Wildman–Crippen LogP) is 1.20. The molecule has 1 saturated heterocycles. The van der Waals surface area contributed by atoms with Crippen LogP contribution in [0.4, 0.5) is 0 Å². The first-order chi connectivity index (χ1) is 7.19. The molecule has 0 saturated carbocycles. The summed E-state index contributed by atoms with van der Waals surface area (Å²) in [5, 5.41) is 3.31. The van der Waals surface area contributed by atoms with Crippen molar-refractivity contribution >= 4 is 17.7 Å². The smallest absolute Gasteiger partial charge is 0.235 e. The van der Waals surface area contributed by atoms with Gasteiger partial charge in [0.15, 0.2) is 0 Å². The topological polar surface area (TPSA) is 32.3 Å². The number of hydrogen-bond donors (Lipinski definition) is 1. The van der Waals surface area contributed by atoms with Gasteiger partial charge in [-0.3, -0.25) is 4.79 Å². The van der Waals surface area contributed by atoms with Crippen molar-refractivity contribution in [2.45, 2.75) is 25.0 Å². The minimum Gasteiger partial charge on any atom is -0.341 e.